The first kappa shape index (κ1) is 20.3. The van der Waals surface area contributed by atoms with Gasteiger partial charge in [-0.15, -0.1) is 0 Å². The van der Waals surface area contributed by atoms with Crippen LogP contribution in [0.3, 0.4) is 0 Å². The lowest BCUT2D eigenvalue weighted by atomic mass is 10.1. The van der Waals surface area contributed by atoms with Gasteiger partial charge in [-0.25, -0.2) is 0 Å². The van der Waals surface area contributed by atoms with Crippen LogP contribution >= 0.6 is 24.0 Å². The second-order valence-electron chi connectivity index (χ2n) is 6.71. The zero-order valence-electron chi connectivity index (χ0n) is 16.1. The first-order valence-corrected chi connectivity index (χ1v) is 10.3. The van der Waals surface area contributed by atoms with Gasteiger partial charge in [0.05, 0.1) is 4.91 Å². The van der Waals surface area contributed by atoms with E-state index in [4.69, 9.17) is 12.2 Å². The monoisotopic (exact) mass is 410 g/mol. The lowest BCUT2D eigenvalue weighted by Crippen LogP contribution is -2.36. The molecule has 1 heterocycles. The number of carbonyl (C=O) groups excluding carboxylic acids is 2. The van der Waals surface area contributed by atoms with Crippen LogP contribution in [0.25, 0.3) is 6.08 Å². The number of thioether (sulfide) groups is 1. The van der Waals surface area contributed by atoms with Crippen LogP contribution in [-0.4, -0.2) is 27.6 Å². The van der Waals surface area contributed by atoms with E-state index >= 15 is 0 Å². The van der Waals surface area contributed by atoms with E-state index in [1.165, 1.54) is 22.2 Å². The van der Waals surface area contributed by atoms with Crippen LogP contribution in [0, 0.1) is 13.8 Å². The Labute approximate surface area is 175 Å². The highest BCUT2D eigenvalue weighted by Gasteiger charge is 2.33. The number of nitrogens with one attached hydrogen (secondary N) is 1. The Kier molecular flexibility index (Phi) is 6.31. The molecule has 4 nitrogen and oxygen atoms in total. The second kappa shape index (κ2) is 8.71. The minimum atomic E-state index is -0.270. The fraction of sp³-hybridized carbons (Fsp3) is 0.227. The van der Waals surface area contributed by atoms with E-state index in [1.54, 1.807) is 0 Å². The molecule has 6 heteroatoms. The summed E-state index contributed by atoms with van der Waals surface area (Å²) in [5, 5.41) is 2.83. The van der Waals surface area contributed by atoms with Crippen molar-refractivity contribution in [3.63, 3.8) is 0 Å². The number of thiocarbonyl (C=S) groups is 1. The molecule has 0 saturated carbocycles. The molecule has 2 amide bonds. The number of benzene rings is 2. The Morgan fingerprint density at radius 2 is 1.86 bits per heavy atom. The van der Waals surface area contributed by atoms with Crippen molar-refractivity contribution < 1.29 is 9.59 Å². The third-order valence-corrected chi connectivity index (χ3v) is 6.03. The minimum absolute atomic E-state index is 0.0935. The normalized spacial score (nSPS) is 15.4. The van der Waals surface area contributed by atoms with Crippen LogP contribution in [0.2, 0.25) is 0 Å². The number of aryl methyl sites for hydroxylation is 3. The van der Waals surface area contributed by atoms with Gasteiger partial charge in [0.1, 0.15) is 10.9 Å². The van der Waals surface area contributed by atoms with Gasteiger partial charge in [0.25, 0.3) is 5.91 Å². The largest absolute Gasteiger partial charge is 0.325 e. The van der Waals surface area contributed by atoms with Gasteiger partial charge in [-0.05, 0) is 60.7 Å². The summed E-state index contributed by atoms with van der Waals surface area (Å²) in [6.45, 7) is 6.01. The Balaban J connectivity index is 1.68. The lowest BCUT2D eigenvalue weighted by molar-refractivity contribution is -0.126. The molecule has 1 fully saturated rings. The van der Waals surface area contributed by atoms with Crippen LogP contribution in [0.5, 0.6) is 0 Å². The number of nitrogens with zero attached hydrogens (tertiary/aromatic N) is 1. The molecular weight excluding hydrogens is 388 g/mol. The van der Waals surface area contributed by atoms with Gasteiger partial charge in [0, 0.05) is 5.69 Å². The Hall–Kier alpha value is -2.44. The summed E-state index contributed by atoms with van der Waals surface area (Å²) in [6, 6.07) is 13.8. The molecule has 3 rings (SSSR count). The van der Waals surface area contributed by atoms with Crippen LogP contribution in [0.4, 0.5) is 5.69 Å². The SMILES string of the molecule is CCc1ccc(/C=C2/SC(=S)N(CC(=O)Nc3ccc(C)c(C)c3)C2=O)cc1. The third kappa shape index (κ3) is 4.69. The molecular formula is C22H22N2O2S2. The molecule has 2 aromatic rings. The fourth-order valence-corrected chi connectivity index (χ4v) is 4.06. The van der Waals surface area contributed by atoms with Crippen molar-refractivity contribution in [1.29, 1.82) is 0 Å². The number of amides is 2. The first-order valence-electron chi connectivity index (χ1n) is 9.09. The van der Waals surface area contributed by atoms with Crippen molar-refractivity contribution in [2.45, 2.75) is 27.2 Å². The molecule has 1 saturated heterocycles. The van der Waals surface area contributed by atoms with Gasteiger partial charge in [-0.2, -0.15) is 0 Å². The predicted molar refractivity (Wildman–Crippen MR) is 120 cm³/mol. The smallest absolute Gasteiger partial charge is 0.266 e. The molecule has 0 spiro atoms. The van der Waals surface area contributed by atoms with E-state index < -0.39 is 0 Å². The molecule has 0 bridgehead atoms. The van der Waals surface area contributed by atoms with Gasteiger partial charge in [0.15, 0.2) is 0 Å². The van der Waals surface area contributed by atoms with Gasteiger partial charge < -0.3 is 5.32 Å². The lowest BCUT2D eigenvalue weighted by Gasteiger charge is -2.14. The average Bonchev–Trinajstić information content (AvgIpc) is 2.93. The van der Waals surface area contributed by atoms with Crippen LogP contribution in [0.15, 0.2) is 47.4 Å². The maximum atomic E-state index is 12.7. The molecule has 0 aromatic heterocycles. The summed E-state index contributed by atoms with van der Waals surface area (Å²) in [7, 11) is 0. The number of carbonyl (C=O) groups is 2. The fourth-order valence-electron chi connectivity index (χ4n) is 2.80. The molecule has 1 aliphatic rings. The highest BCUT2D eigenvalue weighted by molar-refractivity contribution is 8.26. The average molecular weight is 411 g/mol. The molecule has 144 valence electrons. The predicted octanol–water partition coefficient (Wildman–Crippen LogP) is 4.71. The zero-order valence-corrected chi connectivity index (χ0v) is 17.7. The van der Waals surface area contributed by atoms with Crippen molar-refractivity contribution in [3.05, 3.63) is 69.6 Å². The van der Waals surface area contributed by atoms with Gasteiger partial charge >= 0.3 is 0 Å². The van der Waals surface area contributed by atoms with E-state index in [0.29, 0.717) is 14.9 Å². The molecule has 0 radical (unpaired) electrons. The minimum Gasteiger partial charge on any atom is -0.325 e. The Morgan fingerprint density at radius 3 is 2.50 bits per heavy atom. The van der Waals surface area contributed by atoms with Crippen molar-refractivity contribution in [2.24, 2.45) is 0 Å². The standard InChI is InChI=1S/C22H22N2O2S2/c1-4-16-6-8-17(9-7-16)12-19-21(26)24(22(27)28-19)13-20(25)23-18-10-5-14(2)15(3)11-18/h5-12H,4,13H2,1-3H3,(H,23,25)/b19-12+. The number of rotatable bonds is 5. The van der Waals surface area contributed by atoms with Crippen molar-refractivity contribution in [1.82, 2.24) is 4.90 Å². The van der Waals surface area contributed by atoms with Crippen molar-refractivity contribution in [2.75, 3.05) is 11.9 Å². The van der Waals surface area contributed by atoms with Crippen molar-refractivity contribution >= 4 is 51.9 Å². The van der Waals surface area contributed by atoms with Gasteiger partial charge in [-0.1, -0.05) is 61.2 Å². The molecule has 1 aliphatic heterocycles. The molecule has 2 aromatic carbocycles. The summed E-state index contributed by atoms with van der Waals surface area (Å²) in [5.41, 5.74) is 5.16. The van der Waals surface area contributed by atoms with E-state index in [-0.39, 0.29) is 18.4 Å². The molecule has 1 N–H and O–H groups in total. The number of hydrogen-bond acceptors (Lipinski definition) is 4. The third-order valence-electron chi connectivity index (χ3n) is 4.65. The summed E-state index contributed by atoms with van der Waals surface area (Å²) in [5.74, 6) is -0.502. The highest BCUT2D eigenvalue weighted by Crippen LogP contribution is 2.32. The van der Waals surface area contributed by atoms with E-state index in [0.717, 1.165) is 23.1 Å². The topological polar surface area (TPSA) is 49.4 Å². The second-order valence-corrected chi connectivity index (χ2v) is 8.39. The maximum Gasteiger partial charge on any atom is 0.266 e. The molecule has 0 atom stereocenters. The van der Waals surface area contributed by atoms with Crippen LogP contribution in [-0.2, 0) is 16.0 Å². The molecule has 0 aliphatic carbocycles. The van der Waals surface area contributed by atoms with E-state index in [2.05, 4.69) is 12.2 Å². The summed E-state index contributed by atoms with van der Waals surface area (Å²) < 4.78 is 0.400. The Morgan fingerprint density at radius 1 is 1.14 bits per heavy atom. The van der Waals surface area contributed by atoms with E-state index in [1.807, 2.05) is 62.4 Å². The maximum absolute atomic E-state index is 12.7. The van der Waals surface area contributed by atoms with Gasteiger partial charge in [-0.3, -0.25) is 14.5 Å². The molecule has 0 unspecified atom stereocenters. The van der Waals surface area contributed by atoms with E-state index in [9.17, 15) is 9.59 Å². The number of hydrogen-bond donors (Lipinski definition) is 1. The van der Waals surface area contributed by atoms with Gasteiger partial charge in [0.2, 0.25) is 5.91 Å². The highest BCUT2D eigenvalue weighted by atomic mass is 32.2. The first-order chi connectivity index (χ1) is 13.4. The summed E-state index contributed by atoms with van der Waals surface area (Å²) in [4.78, 5) is 27.0. The Bertz CT molecular complexity index is 965. The number of anilines is 1. The quantitative estimate of drug-likeness (QED) is 0.573. The molecule has 28 heavy (non-hydrogen) atoms. The van der Waals surface area contributed by atoms with Crippen LogP contribution < -0.4 is 5.32 Å². The van der Waals surface area contributed by atoms with Crippen molar-refractivity contribution in [3.8, 4) is 0 Å². The zero-order chi connectivity index (χ0) is 20.3. The summed E-state index contributed by atoms with van der Waals surface area (Å²) in [6.07, 6.45) is 2.79. The van der Waals surface area contributed by atoms with Crippen LogP contribution in [0.1, 0.15) is 29.2 Å². The summed E-state index contributed by atoms with van der Waals surface area (Å²) >= 11 is 6.55.